The maximum Gasteiger partial charge on any atom is 0.416 e. The maximum atomic E-state index is 12.8. The summed E-state index contributed by atoms with van der Waals surface area (Å²) in [5.41, 5.74) is 0.281. The minimum Gasteiger partial charge on any atom is -0.369 e. The number of benzene rings is 2. The van der Waals surface area contributed by atoms with Gasteiger partial charge in [0.15, 0.2) is 0 Å². The Kier molecular flexibility index (Phi) is 5.85. The van der Waals surface area contributed by atoms with Crippen molar-refractivity contribution in [1.82, 2.24) is 4.90 Å². The van der Waals surface area contributed by atoms with Crippen LogP contribution < -0.4 is 9.62 Å². The van der Waals surface area contributed by atoms with Crippen molar-refractivity contribution in [3.63, 3.8) is 0 Å². The van der Waals surface area contributed by atoms with Crippen molar-refractivity contribution in [3.8, 4) is 0 Å². The van der Waals surface area contributed by atoms with Crippen LogP contribution in [0, 0.1) is 0 Å². The number of alkyl halides is 3. The molecule has 0 radical (unpaired) electrons. The van der Waals surface area contributed by atoms with Crippen LogP contribution in [0.1, 0.15) is 12.5 Å². The zero-order valence-corrected chi connectivity index (χ0v) is 16.2. The van der Waals surface area contributed by atoms with E-state index in [1.165, 1.54) is 0 Å². The minimum absolute atomic E-state index is 0.299. The summed E-state index contributed by atoms with van der Waals surface area (Å²) >= 11 is 0. The van der Waals surface area contributed by atoms with Gasteiger partial charge in [-0.1, -0.05) is 13.0 Å². The van der Waals surface area contributed by atoms with Crippen molar-refractivity contribution in [3.05, 3.63) is 54.1 Å². The topological polar surface area (TPSA) is 52.6 Å². The molecule has 1 N–H and O–H groups in total. The molecule has 0 unspecified atom stereocenters. The van der Waals surface area contributed by atoms with Crippen molar-refractivity contribution in [2.75, 3.05) is 42.3 Å². The molecule has 9 heteroatoms. The van der Waals surface area contributed by atoms with Gasteiger partial charge in [0.25, 0.3) is 10.0 Å². The summed E-state index contributed by atoms with van der Waals surface area (Å²) in [5, 5.41) is 0. The van der Waals surface area contributed by atoms with E-state index in [4.69, 9.17) is 0 Å². The fourth-order valence-corrected chi connectivity index (χ4v) is 4.22. The van der Waals surface area contributed by atoms with Crippen molar-refractivity contribution in [1.29, 1.82) is 0 Å². The lowest BCUT2D eigenvalue weighted by Gasteiger charge is -2.35. The van der Waals surface area contributed by atoms with Crippen molar-refractivity contribution >= 4 is 21.4 Å². The number of rotatable bonds is 5. The zero-order chi connectivity index (χ0) is 20.4. The standard InChI is InChI=1S/C19H22F3N3O2S/c1-2-24-10-12-25(13-11-24)17-8-6-16(7-9-17)23-28(26,27)18-5-3-4-15(14-18)19(20,21)22/h3-9,14,23H,2,10-13H2,1H3. The molecule has 1 heterocycles. The van der Waals surface area contributed by atoms with Crippen LogP contribution in [0.2, 0.25) is 0 Å². The van der Waals surface area contributed by atoms with Gasteiger partial charge in [0.05, 0.1) is 10.5 Å². The summed E-state index contributed by atoms with van der Waals surface area (Å²) in [6.45, 7) is 6.87. The van der Waals surface area contributed by atoms with Crippen LogP contribution >= 0.6 is 0 Å². The molecule has 1 aliphatic heterocycles. The lowest BCUT2D eigenvalue weighted by molar-refractivity contribution is -0.137. The number of nitrogens with one attached hydrogen (secondary N) is 1. The van der Waals surface area contributed by atoms with Gasteiger partial charge in [0, 0.05) is 37.6 Å². The molecule has 28 heavy (non-hydrogen) atoms. The first-order valence-corrected chi connectivity index (χ1v) is 10.4. The maximum absolute atomic E-state index is 12.8. The normalized spacial score (nSPS) is 16.2. The first-order chi connectivity index (χ1) is 13.2. The van der Waals surface area contributed by atoms with Gasteiger partial charge in [-0.15, -0.1) is 0 Å². The molecule has 0 aromatic heterocycles. The van der Waals surface area contributed by atoms with E-state index in [0.717, 1.165) is 56.6 Å². The Bertz CT molecular complexity index is 907. The van der Waals surface area contributed by atoms with Gasteiger partial charge in [-0.2, -0.15) is 13.2 Å². The summed E-state index contributed by atoms with van der Waals surface area (Å²) in [6.07, 6.45) is -4.60. The number of hydrogen-bond acceptors (Lipinski definition) is 4. The van der Waals surface area contributed by atoms with Crippen molar-refractivity contribution in [2.45, 2.75) is 18.0 Å². The molecule has 1 fully saturated rings. The van der Waals surface area contributed by atoms with Gasteiger partial charge in [-0.05, 0) is 49.0 Å². The molecule has 0 spiro atoms. The molecule has 0 aliphatic carbocycles. The molecule has 1 saturated heterocycles. The predicted octanol–water partition coefficient (Wildman–Crippen LogP) is 3.65. The molecule has 152 valence electrons. The number of sulfonamides is 1. The summed E-state index contributed by atoms with van der Waals surface area (Å²) in [4.78, 5) is 4.15. The van der Waals surface area contributed by atoms with Gasteiger partial charge in [-0.3, -0.25) is 4.72 Å². The zero-order valence-electron chi connectivity index (χ0n) is 15.4. The van der Waals surface area contributed by atoms with E-state index >= 15 is 0 Å². The highest BCUT2D eigenvalue weighted by molar-refractivity contribution is 7.92. The van der Waals surface area contributed by atoms with Crippen LogP contribution in [-0.2, 0) is 16.2 Å². The largest absolute Gasteiger partial charge is 0.416 e. The van der Waals surface area contributed by atoms with Crippen LogP contribution in [-0.4, -0.2) is 46.0 Å². The highest BCUT2D eigenvalue weighted by Crippen LogP contribution is 2.31. The van der Waals surface area contributed by atoms with E-state index in [0.29, 0.717) is 11.8 Å². The molecule has 1 aliphatic rings. The van der Waals surface area contributed by atoms with Gasteiger partial charge < -0.3 is 9.80 Å². The summed E-state index contributed by atoms with van der Waals surface area (Å²) in [6, 6.07) is 10.5. The van der Waals surface area contributed by atoms with E-state index in [1.807, 2.05) is 12.1 Å². The monoisotopic (exact) mass is 413 g/mol. The molecule has 0 atom stereocenters. The van der Waals surface area contributed by atoms with Crippen LogP contribution in [0.25, 0.3) is 0 Å². The molecular weight excluding hydrogens is 391 g/mol. The third-order valence-corrected chi connectivity index (χ3v) is 6.15. The van der Waals surface area contributed by atoms with Gasteiger partial charge in [0.2, 0.25) is 0 Å². The number of piperazine rings is 1. The molecular formula is C19H22F3N3O2S. The average Bonchev–Trinajstić information content (AvgIpc) is 2.68. The van der Waals surface area contributed by atoms with E-state index in [-0.39, 0.29) is 0 Å². The number of likely N-dealkylation sites (N-methyl/N-ethyl adjacent to an activating group) is 1. The SMILES string of the molecule is CCN1CCN(c2ccc(NS(=O)(=O)c3cccc(C(F)(F)F)c3)cc2)CC1. The minimum atomic E-state index is -4.60. The molecule has 2 aromatic rings. The Morgan fingerprint density at radius 2 is 1.64 bits per heavy atom. The lowest BCUT2D eigenvalue weighted by atomic mass is 10.2. The van der Waals surface area contributed by atoms with Crippen LogP contribution in [0.5, 0.6) is 0 Å². The second-order valence-corrected chi connectivity index (χ2v) is 8.28. The number of hydrogen-bond donors (Lipinski definition) is 1. The van der Waals surface area contributed by atoms with Gasteiger partial charge in [-0.25, -0.2) is 8.42 Å². The average molecular weight is 413 g/mol. The Balaban J connectivity index is 1.71. The molecule has 3 rings (SSSR count). The van der Waals surface area contributed by atoms with E-state index in [2.05, 4.69) is 21.4 Å². The Labute approximate surface area is 162 Å². The van der Waals surface area contributed by atoms with Crippen molar-refractivity contribution in [2.24, 2.45) is 0 Å². The summed E-state index contributed by atoms with van der Waals surface area (Å²) < 4.78 is 65.7. The van der Waals surface area contributed by atoms with Crippen molar-refractivity contribution < 1.29 is 21.6 Å². The first kappa shape index (κ1) is 20.5. The van der Waals surface area contributed by atoms with E-state index in [9.17, 15) is 21.6 Å². The highest BCUT2D eigenvalue weighted by atomic mass is 32.2. The van der Waals surface area contributed by atoms with E-state index in [1.54, 1.807) is 12.1 Å². The fourth-order valence-electron chi connectivity index (χ4n) is 3.12. The fraction of sp³-hybridized carbons (Fsp3) is 0.368. The Hall–Kier alpha value is -2.26. The third-order valence-electron chi connectivity index (χ3n) is 4.78. The van der Waals surface area contributed by atoms with Gasteiger partial charge in [0.1, 0.15) is 0 Å². The first-order valence-electron chi connectivity index (χ1n) is 8.96. The summed E-state index contributed by atoms with van der Waals surface area (Å²) in [7, 11) is -4.11. The second kappa shape index (κ2) is 8.00. The predicted molar refractivity (Wildman–Crippen MR) is 103 cm³/mol. The highest BCUT2D eigenvalue weighted by Gasteiger charge is 2.31. The van der Waals surface area contributed by atoms with Gasteiger partial charge >= 0.3 is 6.18 Å². The van der Waals surface area contributed by atoms with Crippen LogP contribution in [0.15, 0.2) is 53.4 Å². The summed E-state index contributed by atoms with van der Waals surface area (Å²) in [5.74, 6) is 0. The van der Waals surface area contributed by atoms with Crippen LogP contribution in [0.4, 0.5) is 24.5 Å². The second-order valence-electron chi connectivity index (χ2n) is 6.60. The molecule has 0 amide bonds. The lowest BCUT2D eigenvalue weighted by Crippen LogP contribution is -2.46. The Morgan fingerprint density at radius 3 is 2.21 bits per heavy atom. The smallest absolute Gasteiger partial charge is 0.369 e. The Morgan fingerprint density at radius 1 is 1.00 bits per heavy atom. The third kappa shape index (κ3) is 4.77. The number of anilines is 2. The number of nitrogens with zero attached hydrogens (tertiary/aromatic N) is 2. The molecule has 5 nitrogen and oxygen atoms in total. The van der Waals surface area contributed by atoms with E-state index < -0.39 is 26.7 Å². The molecule has 2 aromatic carbocycles. The quantitative estimate of drug-likeness (QED) is 0.813. The number of halogens is 3. The molecule has 0 bridgehead atoms. The van der Waals surface area contributed by atoms with Crippen LogP contribution in [0.3, 0.4) is 0 Å². The molecule has 0 saturated carbocycles.